The number of hydrogen-bond donors (Lipinski definition) is 0. The fourth-order valence-electron chi connectivity index (χ4n) is 3.34. The van der Waals surface area contributed by atoms with Crippen LogP contribution in [0.3, 0.4) is 0 Å². The highest BCUT2D eigenvalue weighted by molar-refractivity contribution is 5.78. The van der Waals surface area contributed by atoms with Gasteiger partial charge in [-0.25, -0.2) is 0 Å². The van der Waals surface area contributed by atoms with Gasteiger partial charge in [-0.2, -0.15) is 13.2 Å². The number of hydrogen-bond acceptors (Lipinski definition) is 2. The lowest BCUT2D eigenvalue weighted by atomic mass is 9.80. The van der Waals surface area contributed by atoms with E-state index in [0.717, 1.165) is 11.3 Å². The third-order valence-corrected chi connectivity index (χ3v) is 4.85. The Bertz CT molecular complexity index is 574. The van der Waals surface area contributed by atoms with E-state index < -0.39 is 18.0 Å². The Morgan fingerprint density at radius 2 is 2.00 bits per heavy atom. The molecule has 1 amide bonds. The van der Waals surface area contributed by atoms with Gasteiger partial charge in [-0.05, 0) is 44.2 Å². The maximum Gasteiger partial charge on any atom is 0.391 e. The first-order valence-corrected chi connectivity index (χ1v) is 8.79. The summed E-state index contributed by atoms with van der Waals surface area (Å²) in [6.07, 6.45) is -2.47. The van der Waals surface area contributed by atoms with Gasteiger partial charge >= 0.3 is 6.18 Å². The minimum Gasteiger partial charge on any atom is -0.493 e. The van der Waals surface area contributed by atoms with Gasteiger partial charge in [-0.3, -0.25) is 4.79 Å². The van der Waals surface area contributed by atoms with Crippen molar-refractivity contribution in [3.8, 4) is 5.75 Å². The molecular weight excluding hydrogens is 331 g/mol. The smallest absolute Gasteiger partial charge is 0.391 e. The van der Waals surface area contributed by atoms with Crippen LogP contribution < -0.4 is 4.74 Å². The van der Waals surface area contributed by atoms with Crippen molar-refractivity contribution in [1.29, 1.82) is 0 Å². The largest absolute Gasteiger partial charge is 0.493 e. The molecule has 1 aliphatic rings. The van der Waals surface area contributed by atoms with Crippen molar-refractivity contribution in [3.63, 3.8) is 0 Å². The van der Waals surface area contributed by atoms with Crippen molar-refractivity contribution >= 4 is 5.91 Å². The van der Waals surface area contributed by atoms with E-state index >= 15 is 0 Å². The fourth-order valence-corrected chi connectivity index (χ4v) is 3.34. The molecule has 0 heterocycles. The Morgan fingerprint density at radius 3 is 2.68 bits per heavy atom. The molecule has 1 aromatic carbocycles. The van der Waals surface area contributed by atoms with Crippen LogP contribution in [-0.2, 0) is 4.79 Å². The second-order valence-corrected chi connectivity index (χ2v) is 6.83. The maximum atomic E-state index is 12.9. The molecule has 0 aromatic heterocycles. The zero-order valence-corrected chi connectivity index (χ0v) is 14.8. The number of ether oxygens (including phenoxy) is 1. The van der Waals surface area contributed by atoms with Crippen molar-refractivity contribution in [3.05, 3.63) is 29.8 Å². The van der Waals surface area contributed by atoms with E-state index in [1.165, 1.54) is 0 Å². The number of nitrogens with zero attached hydrogens (tertiary/aromatic N) is 1. The Morgan fingerprint density at radius 1 is 1.28 bits per heavy atom. The first-order valence-electron chi connectivity index (χ1n) is 8.79. The minimum atomic E-state index is -4.20. The van der Waals surface area contributed by atoms with Crippen molar-refractivity contribution < 1.29 is 22.7 Å². The molecular formula is C19H26F3NO2. The summed E-state index contributed by atoms with van der Waals surface area (Å²) in [5, 5.41) is 0. The van der Waals surface area contributed by atoms with E-state index in [-0.39, 0.29) is 18.7 Å². The second kappa shape index (κ2) is 8.59. The van der Waals surface area contributed by atoms with E-state index in [2.05, 4.69) is 0 Å². The van der Waals surface area contributed by atoms with Gasteiger partial charge in [0.2, 0.25) is 5.91 Å². The van der Waals surface area contributed by atoms with Gasteiger partial charge in [0.15, 0.2) is 0 Å². The summed E-state index contributed by atoms with van der Waals surface area (Å²) in [6, 6.07) is 7.69. The van der Waals surface area contributed by atoms with Crippen LogP contribution in [-0.4, -0.2) is 37.2 Å². The molecule has 2 atom stereocenters. The molecule has 0 saturated heterocycles. The highest BCUT2D eigenvalue weighted by Gasteiger charge is 2.43. The monoisotopic (exact) mass is 357 g/mol. The molecule has 1 saturated carbocycles. The summed E-state index contributed by atoms with van der Waals surface area (Å²) in [5.41, 5.74) is 1.05. The van der Waals surface area contributed by atoms with Crippen LogP contribution >= 0.6 is 0 Å². The van der Waals surface area contributed by atoms with E-state index in [4.69, 9.17) is 4.74 Å². The van der Waals surface area contributed by atoms with Gasteiger partial charge in [-0.15, -0.1) is 0 Å². The Hall–Kier alpha value is -1.72. The average Bonchev–Trinajstić information content (AvgIpc) is 2.58. The highest BCUT2D eigenvalue weighted by Crippen LogP contribution is 2.40. The molecule has 6 heteroatoms. The molecule has 140 valence electrons. The molecule has 2 unspecified atom stereocenters. The van der Waals surface area contributed by atoms with Crippen LogP contribution in [0.5, 0.6) is 5.75 Å². The van der Waals surface area contributed by atoms with Gasteiger partial charge in [0.25, 0.3) is 0 Å². The molecule has 0 aliphatic heterocycles. The Labute approximate surface area is 147 Å². The number of benzene rings is 1. The normalized spacial score (nSPS) is 21.0. The van der Waals surface area contributed by atoms with Crippen molar-refractivity contribution in [2.24, 2.45) is 11.8 Å². The summed E-state index contributed by atoms with van der Waals surface area (Å²) in [6.45, 7) is 2.92. The molecule has 1 aliphatic carbocycles. The number of alkyl halides is 3. The SMILES string of the molecule is Cc1ccccc1OCCCN(C)C(=O)C1CCCC(C(F)(F)F)C1. The third-order valence-electron chi connectivity index (χ3n) is 4.85. The lowest BCUT2D eigenvalue weighted by molar-refractivity contribution is -0.187. The van der Waals surface area contributed by atoms with Crippen LogP contribution in [0.15, 0.2) is 24.3 Å². The third kappa shape index (κ3) is 5.65. The second-order valence-electron chi connectivity index (χ2n) is 6.83. The van der Waals surface area contributed by atoms with Crippen LogP contribution in [0.25, 0.3) is 0 Å². The van der Waals surface area contributed by atoms with Crippen LogP contribution in [0.2, 0.25) is 0 Å². The van der Waals surface area contributed by atoms with Crippen molar-refractivity contribution in [2.45, 2.75) is 45.2 Å². The molecule has 0 N–H and O–H groups in total. The number of halogens is 3. The average molecular weight is 357 g/mol. The van der Waals surface area contributed by atoms with E-state index in [0.29, 0.717) is 32.4 Å². The predicted molar refractivity (Wildman–Crippen MR) is 90.4 cm³/mol. The number of aryl methyl sites for hydroxylation is 1. The minimum absolute atomic E-state index is 0.0770. The van der Waals surface area contributed by atoms with Gasteiger partial charge in [-0.1, -0.05) is 24.6 Å². The molecule has 0 radical (unpaired) electrons. The zero-order valence-electron chi connectivity index (χ0n) is 14.8. The van der Waals surface area contributed by atoms with E-state index in [1.54, 1.807) is 11.9 Å². The van der Waals surface area contributed by atoms with E-state index in [9.17, 15) is 18.0 Å². The predicted octanol–water partition coefficient (Wildman–Crippen LogP) is 4.59. The first-order chi connectivity index (χ1) is 11.8. The van der Waals surface area contributed by atoms with Gasteiger partial charge < -0.3 is 9.64 Å². The molecule has 0 spiro atoms. The summed E-state index contributed by atoms with van der Waals surface area (Å²) in [4.78, 5) is 14.0. The molecule has 25 heavy (non-hydrogen) atoms. The summed E-state index contributed by atoms with van der Waals surface area (Å²) >= 11 is 0. The fraction of sp³-hybridized carbons (Fsp3) is 0.632. The Balaban J connectivity index is 1.75. The number of carbonyl (C=O) groups excluding carboxylic acids is 1. The number of para-hydroxylation sites is 1. The summed E-state index contributed by atoms with van der Waals surface area (Å²) in [5.74, 6) is -1.21. The van der Waals surface area contributed by atoms with E-state index in [1.807, 2.05) is 31.2 Å². The number of rotatable bonds is 6. The van der Waals surface area contributed by atoms with Crippen LogP contribution in [0.4, 0.5) is 13.2 Å². The van der Waals surface area contributed by atoms with Crippen LogP contribution in [0.1, 0.15) is 37.7 Å². The lowest BCUT2D eigenvalue weighted by Gasteiger charge is -2.32. The topological polar surface area (TPSA) is 29.5 Å². The molecule has 3 nitrogen and oxygen atoms in total. The zero-order chi connectivity index (χ0) is 18.4. The lowest BCUT2D eigenvalue weighted by Crippen LogP contribution is -2.39. The van der Waals surface area contributed by atoms with Crippen molar-refractivity contribution in [1.82, 2.24) is 4.90 Å². The molecule has 0 bridgehead atoms. The standard InChI is InChI=1S/C19H26F3NO2/c1-14-7-3-4-10-17(14)25-12-6-11-23(2)18(24)15-8-5-9-16(13-15)19(20,21)22/h3-4,7,10,15-16H,5-6,8-9,11-13H2,1-2H3. The number of amides is 1. The van der Waals surface area contributed by atoms with Gasteiger partial charge in [0.1, 0.15) is 5.75 Å². The first kappa shape index (κ1) is 19.6. The molecule has 1 fully saturated rings. The number of carbonyl (C=O) groups is 1. The quantitative estimate of drug-likeness (QED) is 0.697. The summed E-state index contributed by atoms with van der Waals surface area (Å²) < 4.78 is 44.3. The Kier molecular flexibility index (Phi) is 6.73. The van der Waals surface area contributed by atoms with Gasteiger partial charge in [0, 0.05) is 19.5 Å². The van der Waals surface area contributed by atoms with Crippen LogP contribution in [0, 0.1) is 18.8 Å². The summed E-state index contributed by atoms with van der Waals surface area (Å²) in [7, 11) is 1.66. The highest BCUT2D eigenvalue weighted by atomic mass is 19.4. The molecule has 2 rings (SSSR count). The molecule has 1 aromatic rings. The van der Waals surface area contributed by atoms with Gasteiger partial charge in [0.05, 0.1) is 12.5 Å². The van der Waals surface area contributed by atoms with Crippen molar-refractivity contribution in [2.75, 3.05) is 20.2 Å². The maximum absolute atomic E-state index is 12.9.